The SMILES string of the molecule is O=C(CCC1CCCC1)N/C(=C\c1ccc(OCc2cccc(Cl)c2)cc1)C(=O)O. The summed E-state index contributed by atoms with van der Waals surface area (Å²) in [5, 5.41) is 12.6. The van der Waals surface area contributed by atoms with Gasteiger partial charge in [-0.2, -0.15) is 0 Å². The van der Waals surface area contributed by atoms with E-state index in [1.165, 1.54) is 31.8 Å². The van der Waals surface area contributed by atoms with Gasteiger partial charge in [-0.25, -0.2) is 4.79 Å². The van der Waals surface area contributed by atoms with Crippen LogP contribution >= 0.6 is 11.6 Å². The molecule has 0 aliphatic heterocycles. The number of amides is 1. The molecule has 5 nitrogen and oxygen atoms in total. The van der Waals surface area contributed by atoms with Crippen molar-refractivity contribution in [3.8, 4) is 5.75 Å². The molecule has 6 heteroatoms. The summed E-state index contributed by atoms with van der Waals surface area (Å²) in [6, 6.07) is 14.5. The first-order chi connectivity index (χ1) is 14.5. The summed E-state index contributed by atoms with van der Waals surface area (Å²) in [6.45, 7) is 0.382. The fourth-order valence-electron chi connectivity index (χ4n) is 3.62. The predicted molar refractivity (Wildman–Crippen MR) is 117 cm³/mol. The molecule has 0 heterocycles. The lowest BCUT2D eigenvalue weighted by Gasteiger charge is -2.10. The van der Waals surface area contributed by atoms with E-state index in [9.17, 15) is 14.7 Å². The average molecular weight is 428 g/mol. The molecular weight excluding hydrogens is 402 g/mol. The van der Waals surface area contributed by atoms with Gasteiger partial charge in [0.25, 0.3) is 0 Å². The Balaban J connectivity index is 1.55. The largest absolute Gasteiger partial charge is 0.489 e. The highest BCUT2D eigenvalue weighted by Gasteiger charge is 2.17. The molecule has 1 saturated carbocycles. The fraction of sp³-hybridized carbons (Fsp3) is 0.333. The van der Waals surface area contributed by atoms with Crippen molar-refractivity contribution in [1.29, 1.82) is 0 Å². The van der Waals surface area contributed by atoms with Crippen molar-refractivity contribution in [3.63, 3.8) is 0 Å². The number of rotatable bonds is 9. The molecular formula is C24H26ClNO4. The number of carbonyl (C=O) groups is 2. The lowest BCUT2D eigenvalue weighted by atomic mass is 10.0. The molecule has 1 aliphatic rings. The molecule has 0 bridgehead atoms. The van der Waals surface area contributed by atoms with Crippen LogP contribution in [-0.2, 0) is 16.2 Å². The maximum Gasteiger partial charge on any atom is 0.352 e. The van der Waals surface area contributed by atoms with Crippen molar-refractivity contribution in [1.82, 2.24) is 5.32 Å². The van der Waals surface area contributed by atoms with E-state index in [0.29, 0.717) is 35.3 Å². The third-order valence-electron chi connectivity index (χ3n) is 5.24. The molecule has 1 fully saturated rings. The molecule has 0 spiro atoms. The fourth-order valence-corrected chi connectivity index (χ4v) is 3.83. The zero-order chi connectivity index (χ0) is 21.3. The van der Waals surface area contributed by atoms with Gasteiger partial charge in [0.1, 0.15) is 18.1 Å². The Bertz CT molecular complexity index is 902. The Morgan fingerprint density at radius 1 is 1.13 bits per heavy atom. The van der Waals surface area contributed by atoms with Crippen molar-refractivity contribution in [2.24, 2.45) is 5.92 Å². The van der Waals surface area contributed by atoms with Crippen LogP contribution in [0, 0.1) is 5.92 Å². The minimum atomic E-state index is -1.16. The number of hydrogen-bond acceptors (Lipinski definition) is 3. The number of benzene rings is 2. The van der Waals surface area contributed by atoms with Gasteiger partial charge >= 0.3 is 5.97 Å². The number of nitrogens with one attached hydrogen (secondary N) is 1. The Hall–Kier alpha value is -2.79. The molecule has 0 saturated heterocycles. The van der Waals surface area contributed by atoms with Crippen molar-refractivity contribution >= 4 is 29.6 Å². The zero-order valence-electron chi connectivity index (χ0n) is 16.8. The zero-order valence-corrected chi connectivity index (χ0v) is 17.5. The van der Waals surface area contributed by atoms with Crippen molar-refractivity contribution in [2.45, 2.75) is 45.1 Å². The lowest BCUT2D eigenvalue weighted by molar-refractivity contribution is -0.134. The lowest BCUT2D eigenvalue weighted by Crippen LogP contribution is -2.27. The molecule has 1 aliphatic carbocycles. The van der Waals surface area contributed by atoms with E-state index in [1.54, 1.807) is 30.3 Å². The number of carboxylic acids is 1. The van der Waals surface area contributed by atoms with Crippen LogP contribution in [0.15, 0.2) is 54.2 Å². The number of carboxylic acid groups (broad SMARTS) is 1. The summed E-state index contributed by atoms with van der Waals surface area (Å²) in [5.74, 6) is -0.167. The Morgan fingerprint density at radius 3 is 2.53 bits per heavy atom. The van der Waals surface area contributed by atoms with Gasteiger partial charge in [-0.15, -0.1) is 0 Å². The van der Waals surface area contributed by atoms with E-state index in [0.717, 1.165) is 12.0 Å². The highest BCUT2D eigenvalue weighted by atomic mass is 35.5. The standard InChI is InChI=1S/C24H26ClNO4/c25-20-7-3-6-19(14-20)16-30-21-11-8-18(9-12-21)15-22(24(28)29)26-23(27)13-10-17-4-1-2-5-17/h3,6-9,11-12,14-15,17H,1-2,4-5,10,13,16H2,(H,26,27)(H,28,29)/b22-15-. The number of carbonyl (C=O) groups excluding carboxylic acids is 1. The van der Waals surface area contributed by atoms with E-state index < -0.39 is 5.97 Å². The number of halogens is 1. The van der Waals surface area contributed by atoms with Gasteiger partial charge in [-0.05, 0) is 53.8 Å². The van der Waals surface area contributed by atoms with Gasteiger partial charge < -0.3 is 15.2 Å². The monoisotopic (exact) mass is 427 g/mol. The summed E-state index contributed by atoms with van der Waals surface area (Å²) < 4.78 is 5.73. The van der Waals surface area contributed by atoms with Crippen LogP contribution in [-0.4, -0.2) is 17.0 Å². The summed E-state index contributed by atoms with van der Waals surface area (Å²) in [6.07, 6.45) is 7.41. The van der Waals surface area contributed by atoms with Crippen LogP contribution in [0.1, 0.15) is 49.7 Å². The molecule has 1 amide bonds. The second kappa shape index (κ2) is 10.8. The van der Waals surface area contributed by atoms with Gasteiger partial charge in [0, 0.05) is 11.4 Å². The molecule has 30 heavy (non-hydrogen) atoms. The first-order valence-corrected chi connectivity index (χ1v) is 10.6. The quantitative estimate of drug-likeness (QED) is 0.523. The summed E-state index contributed by atoms with van der Waals surface area (Å²) >= 11 is 5.97. The van der Waals surface area contributed by atoms with Gasteiger partial charge in [-0.1, -0.05) is 61.5 Å². The molecule has 3 rings (SSSR count). The maximum atomic E-state index is 12.2. The highest BCUT2D eigenvalue weighted by Crippen LogP contribution is 2.28. The minimum Gasteiger partial charge on any atom is -0.489 e. The van der Waals surface area contributed by atoms with Gasteiger partial charge in [0.2, 0.25) is 5.91 Å². The molecule has 0 atom stereocenters. The Labute approximate surface area is 181 Å². The third-order valence-corrected chi connectivity index (χ3v) is 5.48. The normalized spacial score (nSPS) is 14.5. The maximum absolute atomic E-state index is 12.2. The van der Waals surface area contributed by atoms with E-state index in [-0.39, 0.29) is 11.6 Å². The Morgan fingerprint density at radius 2 is 1.87 bits per heavy atom. The predicted octanol–water partition coefficient (Wildman–Crippen LogP) is 5.43. The molecule has 0 unspecified atom stereocenters. The number of hydrogen-bond donors (Lipinski definition) is 2. The van der Waals surface area contributed by atoms with Crippen molar-refractivity contribution in [2.75, 3.05) is 0 Å². The molecule has 2 aromatic carbocycles. The molecule has 2 N–H and O–H groups in total. The molecule has 0 radical (unpaired) electrons. The van der Waals surface area contributed by atoms with E-state index in [2.05, 4.69) is 5.32 Å². The highest BCUT2D eigenvalue weighted by molar-refractivity contribution is 6.30. The number of ether oxygens (including phenoxy) is 1. The van der Waals surface area contributed by atoms with Gasteiger partial charge in [0.05, 0.1) is 0 Å². The van der Waals surface area contributed by atoms with Crippen molar-refractivity contribution < 1.29 is 19.4 Å². The summed E-state index contributed by atoms with van der Waals surface area (Å²) in [5.41, 5.74) is 1.50. The van der Waals surface area contributed by atoms with E-state index in [4.69, 9.17) is 16.3 Å². The molecule has 2 aromatic rings. The van der Waals surface area contributed by atoms with Crippen LogP contribution in [0.5, 0.6) is 5.75 Å². The minimum absolute atomic E-state index is 0.126. The first-order valence-electron chi connectivity index (χ1n) is 10.2. The number of aliphatic carboxylic acids is 1. The van der Waals surface area contributed by atoms with Gasteiger partial charge in [-0.3, -0.25) is 4.79 Å². The molecule has 0 aromatic heterocycles. The second-order valence-electron chi connectivity index (χ2n) is 7.59. The topological polar surface area (TPSA) is 75.6 Å². The smallest absolute Gasteiger partial charge is 0.352 e. The summed E-state index contributed by atoms with van der Waals surface area (Å²) in [7, 11) is 0. The molecule has 158 valence electrons. The van der Waals surface area contributed by atoms with E-state index in [1.807, 2.05) is 18.2 Å². The van der Waals surface area contributed by atoms with Crippen LogP contribution in [0.3, 0.4) is 0 Å². The van der Waals surface area contributed by atoms with Crippen LogP contribution in [0.4, 0.5) is 0 Å². The Kier molecular flexibility index (Phi) is 7.91. The van der Waals surface area contributed by atoms with Crippen LogP contribution in [0.25, 0.3) is 6.08 Å². The van der Waals surface area contributed by atoms with Crippen molar-refractivity contribution in [3.05, 3.63) is 70.4 Å². The summed E-state index contributed by atoms with van der Waals surface area (Å²) in [4.78, 5) is 23.7. The second-order valence-corrected chi connectivity index (χ2v) is 8.02. The average Bonchev–Trinajstić information content (AvgIpc) is 3.25. The third kappa shape index (κ3) is 6.92. The van der Waals surface area contributed by atoms with Crippen LogP contribution in [0.2, 0.25) is 5.02 Å². The van der Waals surface area contributed by atoms with Gasteiger partial charge in [0.15, 0.2) is 0 Å². The first kappa shape index (κ1) is 21.9. The van der Waals surface area contributed by atoms with E-state index >= 15 is 0 Å². The van der Waals surface area contributed by atoms with Crippen LogP contribution < -0.4 is 10.1 Å².